The summed E-state index contributed by atoms with van der Waals surface area (Å²) in [6, 6.07) is -1.06. The number of ether oxygens (including phenoxy) is 1. The predicted octanol–water partition coefficient (Wildman–Crippen LogP) is -1.06. The molecule has 0 aromatic heterocycles. The molecule has 0 radical (unpaired) electrons. The molecule has 0 rings (SSSR count). The summed E-state index contributed by atoms with van der Waals surface area (Å²) in [5, 5.41) is 2.60. The lowest BCUT2D eigenvalue weighted by Crippen LogP contribution is -2.49. The normalized spacial score (nSPS) is 14.4. The largest absolute Gasteiger partial charge is 0.464 e. The van der Waals surface area contributed by atoms with Gasteiger partial charge in [-0.25, -0.2) is 4.79 Å². The van der Waals surface area contributed by atoms with E-state index in [1.807, 2.05) is 25.9 Å². The fourth-order valence-electron chi connectivity index (χ4n) is 0.880. The standard InChI is InChI=1S/C10H21N3O3/c1-5-16-10(15)8(11)9(14)12-6-7(2)13(3)4/h7-8H,5-6,11H2,1-4H3,(H,12,14). The number of rotatable bonds is 6. The van der Waals surface area contributed by atoms with Gasteiger partial charge in [-0.2, -0.15) is 0 Å². The molecular formula is C10H21N3O3. The molecule has 0 saturated carbocycles. The third kappa shape index (κ3) is 5.09. The number of esters is 1. The number of hydrogen-bond acceptors (Lipinski definition) is 5. The SMILES string of the molecule is CCOC(=O)C(N)C(=O)NCC(C)N(C)C. The Labute approximate surface area is 96.1 Å². The molecule has 6 nitrogen and oxygen atoms in total. The van der Waals surface area contributed by atoms with Gasteiger partial charge >= 0.3 is 5.97 Å². The van der Waals surface area contributed by atoms with Gasteiger partial charge in [-0.3, -0.25) is 4.79 Å². The van der Waals surface area contributed by atoms with Crippen molar-refractivity contribution in [1.82, 2.24) is 10.2 Å². The minimum Gasteiger partial charge on any atom is -0.464 e. The molecule has 0 bridgehead atoms. The van der Waals surface area contributed by atoms with Gasteiger partial charge in [0.05, 0.1) is 6.61 Å². The Hall–Kier alpha value is -1.14. The molecule has 0 fully saturated rings. The van der Waals surface area contributed by atoms with Crippen molar-refractivity contribution in [3.05, 3.63) is 0 Å². The predicted molar refractivity (Wildman–Crippen MR) is 60.8 cm³/mol. The van der Waals surface area contributed by atoms with Crippen LogP contribution in [0.3, 0.4) is 0 Å². The Morgan fingerprint density at radius 1 is 1.44 bits per heavy atom. The fraction of sp³-hybridized carbons (Fsp3) is 0.800. The molecule has 0 heterocycles. The zero-order chi connectivity index (χ0) is 12.7. The Kier molecular flexibility index (Phi) is 6.67. The highest BCUT2D eigenvalue weighted by Gasteiger charge is 2.23. The molecule has 0 spiro atoms. The highest BCUT2D eigenvalue weighted by Crippen LogP contribution is 1.90. The van der Waals surface area contributed by atoms with Gasteiger partial charge in [0.1, 0.15) is 0 Å². The summed E-state index contributed by atoms with van der Waals surface area (Å²) in [6.07, 6.45) is 0. The number of likely N-dealkylation sites (N-methyl/N-ethyl adjacent to an activating group) is 1. The highest BCUT2D eigenvalue weighted by atomic mass is 16.5. The van der Waals surface area contributed by atoms with Crippen LogP contribution in [0, 0.1) is 0 Å². The van der Waals surface area contributed by atoms with Gasteiger partial charge in [0, 0.05) is 12.6 Å². The summed E-state index contributed by atoms with van der Waals surface area (Å²) in [7, 11) is 3.81. The summed E-state index contributed by atoms with van der Waals surface area (Å²) in [6.45, 7) is 4.28. The van der Waals surface area contributed by atoms with Gasteiger partial charge in [-0.15, -0.1) is 0 Å². The Morgan fingerprint density at radius 2 is 2.00 bits per heavy atom. The maximum Gasteiger partial charge on any atom is 0.332 e. The van der Waals surface area contributed by atoms with E-state index in [4.69, 9.17) is 5.73 Å². The first-order chi connectivity index (χ1) is 7.40. The number of nitrogens with one attached hydrogen (secondary N) is 1. The molecule has 0 aromatic carbocycles. The van der Waals surface area contributed by atoms with Crippen LogP contribution in [0.2, 0.25) is 0 Å². The molecule has 0 saturated heterocycles. The minimum atomic E-state index is -1.24. The quantitative estimate of drug-likeness (QED) is 0.450. The van der Waals surface area contributed by atoms with E-state index in [9.17, 15) is 9.59 Å². The van der Waals surface area contributed by atoms with E-state index in [1.54, 1.807) is 6.92 Å². The van der Waals surface area contributed by atoms with Crippen molar-refractivity contribution in [3.63, 3.8) is 0 Å². The molecule has 3 N–H and O–H groups in total. The van der Waals surface area contributed by atoms with Gasteiger partial charge in [0.25, 0.3) is 0 Å². The summed E-state index contributed by atoms with van der Waals surface area (Å²) < 4.78 is 4.64. The van der Waals surface area contributed by atoms with Crippen LogP contribution >= 0.6 is 0 Å². The lowest BCUT2D eigenvalue weighted by atomic mass is 10.2. The van der Waals surface area contributed by atoms with Gasteiger partial charge in [0.2, 0.25) is 5.91 Å². The van der Waals surface area contributed by atoms with Crippen molar-refractivity contribution in [2.24, 2.45) is 5.73 Å². The van der Waals surface area contributed by atoms with Crippen LogP contribution in [0.4, 0.5) is 0 Å². The van der Waals surface area contributed by atoms with E-state index < -0.39 is 17.9 Å². The van der Waals surface area contributed by atoms with E-state index >= 15 is 0 Å². The first kappa shape index (κ1) is 14.9. The van der Waals surface area contributed by atoms with Gasteiger partial charge < -0.3 is 20.7 Å². The van der Waals surface area contributed by atoms with Crippen LogP contribution in [0.1, 0.15) is 13.8 Å². The summed E-state index contributed by atoms with van der Waals surface area (Å²) in [5.74, 6) is -1.20. The first-order valence-electron chi connectivity index (χ1n) is 5.26. The number of amides is 1. The molecule has 0 aliphatic heterocycles. The lowest BCUT2D eigenvalue weighted by Gasteiger charge is -2.20. The van der Waals surface area contributed by atoms with Crippen molar-refractivity contribution < 1.29 is 14.3 Å². The lowest BCUT2D eigenvalue weighted by molar-refractivity contribution is -0.148. The first-order valence-corrected chi connectivity index (χ1v) is 5.26. The average molecular weight is 231 g/mol. The van der Waals surface area contributed by atoms with Crippen molar-refractivity contribution >= 4 is 11.9 Å². The smallest absolute Gasteiger partial charge is 0.332 e. The van der Waals surface area contributed by atoms with E-state index in [1.165, 1.54) is 0 Å². The summed E-state index contributed by atoms with van der Waals surface area (Å²) in [5.41, 5.74) is 5.41. The second-order valence-electron chi connectivity index (χ2n) is 3.79. The second kappa shape index (κ2) is 7.19. The van der Waals surface area contributed by atoms with Gasteiger partial charge in [-0.05, 0) is 27.9 Å². The van der Waals surface area contributed by atoms with Gasteiger partial charge in [-0.1, -0.05) is 0 Å². The van der Waals surface area contributed by atoms with Crippen molar-refractivity contribution in [3.8, 4) is 0 Å². The second-order valence-corrected chi connectivity index (χ2v) is 3.79. The van der Waals surface area contributed by atoms with E-state index in [0.29, 0.717) is 6.54 Å². The van der Waals surface area contributed by atoms with Crippen molar-refractivity contribution in [1.29, 1.82) is 0 Å². The number of nitrogens with two attached hydrogens (primary N) is 1. The highest BCUT2D eigenvalue weighted by molar-refractivity contribution is 6.01. The maximum absolute atomic E-state index is 11.4. The Balaban J connectivity index is 4.01. The minimum absolute atomic E-state index is 0.179. The van der Waals surface area contributed by atoms with E-state index in [0.717, 1.165) is 0 Å². The number of hydrogen-bond donors (Lipinski definition) is 2. The number of carbonyl (C=O) groups is 2. The summed E-state index contributed by atoms with van der Waals surface area (Å²) >= 11 is 0. The van der Waals surface area contributed by atoms with Crippen LogP contribution in [0.15, 0.2) is 0 Å². The molecule has 0 aliphatic rings. The van der Waals surface area contributed by atoms with Gasteiger partial charge in [0.15, 0.2) is 6.04 Å². The maximum atomic E-state index is 11.4. The Bertz CT molecular complexity index is 243. The third-order valence-electron chi connectivity index (χ3n) is 2.28. The molecule has 1 amide bonds. The molecule has 2 unspecified atom stereocenters. The van der Waals surface area contributed by atoms with Crippen LogP contribution in [0.25, 0.3) is 0 Å². The monoisotopic (exact) mass is 231 g/mol. The molecule has 0 aromatic rings. The number of carbonyl (C=O) groups excluding carboxylic acids is 2. The molecule has 6 heteroatoms. The van der Waals surface area contributed by atoms with Crippen LogP contribution in [0.5, 0.6) is 0 Å². The van der Waals surface area contributed by atoms with Crippen LogP contribution in [-0.2, 0) is 14.3 Å². The molecule has 16 heavy (non-hydrogen) atoms. The Morgan fingerprint density at radius 3 is 2.44 bits per heavy atom. The van der Waals surface area contributed by atoms with Crippen molar-refractivity contribution in [2.45, 2.75) is 25.9 Å². The van der Waals surface area contributed by atoms with Crippen molar-refractivity contribution in [2.75, 3.05) is 27.2 Å². The average Bonchev–Trinajstić information content (AvgIpc) is 2.24. The summed E-state index contributed by atoms with van der Waals surface area (Å²) in [4.78, 5) is 24.5. The fourth-order valence-corrected chi connectivity index (χ4v) is 0.880. The molecule has 2 atom stereocenters. The zero-order valence-corrected chi connectivity index (χ0v) is 10.3. The third-order valence-corrected chi connectivity index (χ3v) is 2.28. The zero-order valence-electron chi connectivity index (χ0n) is 10.3. The topological polar surface area (TPSA) is 84.7 Å². The molecule has 94 valence electrons. The number of nitrogens with zero attached hydrogens (tertiary/aromatic N) is 1. The molecule has 0 aliphatic carbocycles. The molecular weight excluding hydrogens is 210 g/mol. The van der Waals surface area contributed by atoms with Crippen LogP contribution < -0.4 is 11.1 Å². The van der Waals surface area contributed by atoms with E-state index in [2.05, 4.69) is 10.1 Å². The van der Waals surface area contributed by atoms with E-state index in [-0.39, 0.29) is 12.6 Å². The van der Waals surface area contributed by atoms with Crippen LogP contribution in [-0.4, -0.2) is 56.1 Å².